The Labute approximate surface area is 127 Å². The molecule has 3 rings (SSSR count). The van der Waals surface area contributed by atoms with Crippen molar-refractivity contribution in [2.75, 3.05) is 18.5 Å². The number of hydrogen-bond donors (Lipinski definition) is 1. The quantitative estimate of drug-likeness (QED) is 0.869. The highest BCUT2D eigenvalue weighted by molar-refractivity contribution is 7.17. The summed E-state index contributed by atoms with van der Waals surface area (Å²) in [5.41, 5.74) is 1.52. The molecule has 1 aliphatic heterocycles. The number of amides is 1. The van der Waals surface area contributed by atoms with Crippen LogP contribution in [0.2, 0.25) is 0 Å². The highest BCUT2D eigenvalue weighted by Crippen LogP contribution is 2.38. The lowest BCUT2D eigenvalue weighted by Gasteiger charge is -2.23. The lowest BCUT2D eigenvalue weighted by Crippen LogP contribution is -2.28. The van der Waals surface area contributed by atoms with Crippen LogP contribution in [0.3, 0.4) is 0 Å². The summed E-state index contributed by atoms with van der Waals surface area (Å²) in [4.78, 5) is 25.4. The largest absolute Gasteiger partial charge is 0.462 e. The molecule has 1 fully saturated rings. The first-order valence-electron chi connectivity index (χ1n) is 7.41. The van der Waals surface area contributed by atoms with E-state index in [0.29, 0.717) is 36.8 Å². The van der Waals surface area contributed by atoms with Crippen LogP contribution in [0, 0.1) is 5.92 Å². The van der Waals surface area contributed by atoms with E-state index in [4.69, 9.17) is 9.47 Å². The third kappa shape index (κ3) is 2.82. The normalized spacial score (nSPS) is 17.8. The fourth-order valence-electron chi connectivity index (χ4n) is 2.62. The molecule has 0 unspecified atom stereocenters. The molecule has 0 spiro atoms. The second-order valence-corrected chi connectivity index (χ2v) is 6.45. The molecule has 1 aromatic heterocycles. The van der Waals surface area contributed by atoms with Crippen LogP contribution in [0.5, 0.6) is 0 Å². The first-order valence-corrected chi connectivity index (χ1v) is 8.22. The van der Waals surface area contributed by atoms with Crippen molar-refractivity contribution in [1.29, 1.82) is 0 Å². The molecule has 6 heteroatoms. The minimum absolute atomic E-state index is 0.0197. The van der Waals surface area contributed by atoms with Crippen molar-refractivity contribution in [2.45, 2.75) is 39.2 Å². The lowest BCUT2D eigenvalue weighted by molar-refractivity contribution is -0.122. The van der Waals surface area contributed by atoms with Crippen molar-refractivity contribution in [3.05, 3.63) is 16.0 Å². The van der Waals surface area contributed by atoms with Crippen molar-refractivity contribution in [1.82, 2.24) is 0 Å². The van der Waals surface area contributed by atoms with Gasteiger partial charge in [0.2, 0.25) is 5.91 Å². The van der Waals surface area contributed by atoms with E-state index in [2.05, 4.69) is 5.32 Å². The third-order valence-electron chi connectivity index (χ3n) is 4.01. The zero-order chi connectivity index (χ0) is 14.8. The third-order valence-corrected chi connectivity index (χ3v) is 5.13. The number of carbonyl (C=O) groups excluding carboxylic acids is 2. The van der Waals surface area contributed by atoms with Gasteiger partial charge in [-0.15, -0.1) is 11.3 Å². The smallest absolute Gasteiger partial charge is 0.341 e. The molecule has 5 nitrogen and oxygen atoms in total. The maximum Gasteiger partial charge on any atom is 0.341 e. The molecular formula is C15H19NO4S. The summed E-state index contributed by atoms with van der Waals surface area (Å²) >= 11 is 1.44. The Morgan fingerprint density at radius 3 is 2.90 bits per heavy atom. The number of thiophene rings is 1. The van der Waals surface area contributed by atoms with Gasteiger partial charge in [0.15, 0.2) is 0 Å². The summed E-state index contributed by atoms with van der Waals surface area (Å²) in [5, 5.41) is 3.56. The zero-order valence-corrected chi connectivity index (χ0v) is 12.9. The lowest BCUT2D eigenvalue weighted by atomic mass is 9.85. The monoisotopic (exact) mass is 309 g/mol. The van der Waals surface area contributed by atoms with Gasteiger partial charge in [-0.05, 0) is 31.7 Å². The molecule has 1 aromatic rings. The van der Waals surface area contributed by atoms with Gasteiger partial charge >= 0.3 is 5.97 Å². The first kappa shape index (κ1) is 14.5. The van der Waals surface area contributed by atoms with Gasteiger partial charge in [-0.2, -0.15) is 0 Å². The molecule has 2 heterocycles. The van der Waals surface area contributed by atoms with Crippen molar-refractivity contribution < 1.29 is 19.1 Å². The number of hydrogen-bond acceptors (Lipinski definition) is 5. The van der Waals surface area contributed by atoms with E-state index >= 15 is 0 Å². The Kier molecular flexibility index (Phi) is 4.26. The SMILES string of the molecule is CCOC(=O)c1c(NC(=O)C2CCC2)sc2c1CCOC2. The molecule has 1 amide bonds. The first-order chi connectivity index (χ1) is 10.2. The Balaban J connectivity index is 1.88. The average molecular weight is 309 g/mol. The molecule has 0 radical (unpaired) electrons. The summed E-state index contributed by atoms with van der Waals surface area (Å²) in [6.07, 6.45) is 3.68. The summed E-state index contributed by atoms with van der Waals surface area (Å²) in [6.45, 7) is 3.22. The maximum atomic E-state index is 12.2. The Morgan fingerprint density at radius 2 is 2.24 bits per heavy atom. The highest BCUT2D eigenvalue weighted by atomic mass is 32.1. The molecule has 21 heavy (non-hydrogen) atoms. The van der Waals surface area contributed by atoms with E-state index in [1.54, 1.807) is 6.92 Å². The Morgan fingerprint density at radius 1 is 1.43 bits per heavy atom. The fourth-order valence-corrected chi connectivity index (χ4v) is 3.80. The topological polar surface area (TPSA) is 64.6 Å². The van der Waals surface area contributed by atoms with Crippen molar-refractivity contribution in [3.8, 4) is 0 Å². The van der Waals surface area contributed by atoms with Crippen LogP contribution in [0.15, 0.2) is 0 Å². The van der Waals surface area contributed by atoms with Crippen LogP contribution in [0.25, 0.3) is 0 Å². The molecule has 0 atom stereocenters. The summed E-state index contributed by atoms with van der Waals surface area (Å²) in [5.74, 6) is -0.234. The van der Waals surface area contributed by atoms with Gasteiger partial charge in [0.25, 0.3) is 0 Å². The zero-order valence-electron chi connectivity index (χ0n) is 12.1. The number of rotatable bonds is 4. The van der Waals surface area contributed by atoms with Crippen LogP contribution in [0.4, 0.5) is 5.00 Å². The summed E-state index contributed by atoms with van der Waals surface area (Å²) in [7, 11) is 0. The molecule has 1 N–H and O–H groups in total. The van der Waals surface area contributed by atoms with Crippen LogP contribution in [-0.2, 0) is 27.3 Å². The maximum absolute atomic E-state index is 12.2. The standard InChI is InChI=1S/C15H19NO4S/c1-2-20-15(18)12-10-6-7-19-8-11(10)21-14(12)16-13(17)9-4-3-5-9/h9H,2-8H2,1H3,(H,16,17). The van der Waals surface area contributed by atoms with Crippen molar-refractivity contribution >= 4 is 28.2 Å². The average Bonchev–Trinajstić information content (AvgIpc) is 2.74. The molecule has 114 valence electrons. The summed E-state index contributed by atoms with van der Waals surface area (Å²) in [6, 6.07) is 0. The molecule has 1 saturated carbocycles. The van der Waals surface area contributed by atoms with Crippen LogP contribution in [0.1, 0.15) is 47.0 Å². The molecule has 1 aliphatic carbocycles. The predicted molar refractivity (Wildman–Crippen MR) is 79.6 cm³/mol. The van der Waals surface area contributed by atoms with Crippen LogP contribution >= 0.6 is 11.3 Å². The van der Waals surface area contributed by atoms with Crippen LogP contribution in [-0.4, -0.2) is 25.1 Å². The van der Waals surface area contributed by atoms with E-state index in [1.807, 2.05) is 0 Å². The van der Waals surface area contributed by atoms with Gasteiger partial charge in [0.1, 0.15) is 5.00 Å². The Bertz CT molecular complexity index is 562. The van der Waals surface area contributed by atoms with Gasteiger partial charge in [-0.1, -0.05) is 6.42 Å². The van der Waals surface area contributed by atoms with Gasteiger partial charge in [0, 0.05) is 10.8 Å². The van der Waals surface area contributed by atoms with Crippen LogP contribution < -0.4 is 5.32 Å². The molecular weight excluding hydrogens is 290 g/mol. The molecule has 0 saturated heterocycles. The van der Waals surface area contributed by atoms with Crippen molar-refractivity contribution in [3.63, 3.8) is 0 Å². The van der Waals surface area contributed by atoms with E-state index < -0.39 is 0 Å². The van der Waals surface area contributed by atoms with Gasteiger partial charge in [-0.25, -0.2) is 4.79 Å². The molecule has 0 aromatic carbocycles. The molecule has 0 bridgehead atoms. The number of esters is 1. The van der Waals surface area contributed by atoms with Gasteiger partial charge in [-0.3, -0.25) is 4.79 Å². The minimum Gasteiger partial charge on any atom is -0.462 e. The molecule has 2 aliphatic rings. The predicted octanol–water partition coefficient (Wildman–Crippen LogP) is 2.74. The fraction of sp³-hybridized carbons (Fsp3) is 0.600. The van der Waals surface area contributed by atoms with Gasteiger partial charge < -0.3 is 14.8 Å². The number of carbonyl (C=O) groups is 2. The summed E-state index contributed by atoms with van der Waals surface area (Å²) < 4.78 is 10.6. The number of fused-ring (bicyclic) bond motifs is 1. The Hall–Kier alpha value is -1.40. The van der Waals surface area contributed by atoms with E-state index in [1.165, 1.54) is 11.3 Å². The number of nitrogens with one attached hydrogen (secondary N) is 1. The second-order valence-electron chi connectivity index (χ2n) is 5.35. The number of ether oxygens (including phenoxy) is 2. The van der Waals surface area contributed by atoms with Gasteiger partial charge in [0.05, 0.1) is 25.4 Å². The van der Waals surface area contributed by atoms with E-state index in [0.717, 1.165) is 29.7 Å². The highest BCUT2D eigenvalue weighted by Gasteiger charge is 2.30. The second kappa shape index (κ2) is 6.15. The van der Waals surface area contributed by atoms with E-state index in [-0.39, 0.29) is 17.8 Å². The van der Waals surface area contributed by atoms with Crippen molar-refractivity contribution in [2.24, 2.45) is 5.92 Å². The number of anilines is 1. The van der Waals surface area contributed by atoms with E-state index in [9.17, 15) is 9.59 Å². The minimum atomic E-state index is -0.346.